The van der Waals surface area contributed by atoms with Crippen LogP contribution >= 0.6 is 0 Å². The number of aromatic nitrogens is 1. The normalized spacial score (nSPS) is 15.2. The quantitative estimate of drug-likeness (QED) is 0.781. The second kappa shape index (κ2) is 8.52. The molecule has 1 saturated heterocycles. The number of nitrogens with two attached hydrogens (primary N) is 1. The van der Waals surface area contributed by atoms with Crippen molar-refractivity contribution in [3.63, 3.8) is 0 Å². The molecule has 1 aromatic carbocycles. The van der Waals surface area contributed by atoms with Gasteiger partial charge in [0.05, 0.1) is 5.69 Å². The number of hydrogen-bond acceptors (Lipinski definition) is 3. The molecule has 2 heterocycles. The monoisotopic (exact) mass is 376 g/mol. The number of likely N-dealkylation sites (tertiary alicyclic amines) is 1. The van der Waals surface area contributed by atoms with Gasteiger partial charge in [-0.2, -0.15) is 0 Å². The molecule has 0 bridgehead atoms. The minimum Gasteiger partial charge on any atom is -0.384 e. The van der Waals surface area contributed by atoms with E-state index in [1.54, 1.807) is 0 Å². The van der Waals surface area contributed by atoms with E-state index in [2.05, 4.69) is 5.32 Å². The van der Waals surface area contributed by atoms with Crippen molar-refractivity contribution >= 4 is 11.6 Å². The van der Waals surface area contributed by atoms with E-state index in [1.165, 1.54) is 12.1 Å². The highest BCUT2D eigenvalue weighted by molar-refractivity contribution is 5.94. The number of nitrogens with zero attached hydrogens (tertiary/aromatic N) is 2. The van der Waals surface area contributed by atoms with E-state index in [-0.39, 0.29) is 11.9 Å². The largest absolute Gasteiger partial charge is 0.384 e. The number of amides is 1. The van der Waals surface area contributed by atoms with Gasteiger partial charge in [0.2, 0.25) is 0 Å². The van der Waals surface area contributed by atoms with Crippen molar-refractivity contribution in [2.24, 2.45) is 12.8 Å². The zero-order valence-electron chi connectivity index (χ0n) is 15.5. The van der Waals surface area contributed by atoms with Crippen LogP contribution in [0.4, 0.5) is 14.5 Å². The molecule has 1 amide bonds. The van der Waals surface area contributed by atoms with Gasteiger partial charge in [0.25, 0.3) is 5.91 Å². The molecule has 5 nitrogen and oxygen atoms in total. The fraction of sp³-hybridized carbons (Fsp3) is 0.450. The Balaban J connectivity index is 1.50. The molecule has 1 fully saturated rings. The molecule has 27 heavy (non-hydrogen) atoms. The molecule has 0 radical (unpaired) electrons. The predicted molar refractivity (Wildman–Crippen MR) is 102 cm³/mol. The summed E-state index contributed by atoms with van der Waals surface area (Å²) in [4.78, 5) is 14.4. The number of halogens is 2. The molecule has 3 N–H and O–H groups in total. The summed E-state index contributed by atoms with van der Waals surface area (Å²) >= 11 is 0. The zero-order valence-corrected chi connectivity index (χ0v) is 15.5. The van der Waals surface area contributed by atoms with Gasteiger partial charge >= 0.3 is 0 Å². The van der Waals surface area contributed by atoms with Gasteiger partial charge < -0.3 is 20.5 Å². The van der Waals surface area contributed by atoms with Gasteiger partial charge in [-0.1, -0.05) is 0 Å². The molecule has 1 aliphatic heterocycles. The van der Waals surface area contributed by atoms with Gasteiger partial charge in [-0.15, -0.1) is 0 Å². The highest BCUT2D eigenvalue weighted by Gasteiger charge is 2.22. The van der Waals surface area contributed by atoms with Gasteiger partial charge in [-0.05, 0) is 49.4 Å². The van der Waals surface area contributed by atoms with Crippen molar-refractivity contribution < 1.29 is 13.6 Å². The third-order valence-corrected chi connectivity index (χ3v) is 4.88. The first-order chi connectivity index (χ1) is 12.9. The molecule has 0 aliphatic carbocycles. The van der Waals surface area contributed by atoms with Crippen LogP contribution in [0.5, 0.6) is 0 Å². The lowest BCUT2D eigenvalue weighted by atomic mass is 10.0. The van der Waals surface area contributed by atoms with Crippen LogP contribution in [0.25, 0.3) is 0 Å². The van der Waals surface area contributed by atoms with Crippen molar-refractivity contribution in [2.75, 3.05) is 25.0 Å². The number of carbonyl (C=O) groups is 1. The number of aryl methyl sites for hydroxylation is 1. The Morgan fingerprint density at radius 1 is 1.19 bits per heavy atom. The lowest BCUT2D eigenvalue weighted by Gasteiger charge is -2.15. The topological polar surface area (TPSA) is 63.3 Å². The van der Waals surface area contributed by atoms with Gasteiger partial charge in [-0.25, -0.2) is 8.78 Å². The number of rotatable bonds is 7. The third kappa shape index (κ3) is 5.07. The van der Waals surface area contributed by atoms with Crippen molar-refractivity contribution in [3.8, 4) is 0 Å². The number of nitrogens with one attached hydrogen (secondary N) is 1. The lowest BCUT2D eigenvalue weighted by molar-refractivity contribution is 0.0783. The van der Waals surface area contributed by atoms with E-state index in [0.717, 1.165) is 37.7 Å². The predicted octanol–water partition coefficient (Wildman–Crippen LogP) is 2.91. The van der Waals surface area contributed by atoms with Crippen LogP contribution in [0.2, 0.25) is 0 Å². The van der Waals surface area contributed by atoms with Gasteiger partial charge in [-0.3, -0.25) is 4.79 Å². The minimum absolute atomic E-state index is 0.0629. The Labute approximate surface area is 158 Å². The molecular weight excluding hydrogens is 350 g/mol. The fourth-order valence-corrected chi connectivity index (χ4v) is 3.49. The second-order valence-electron chi connectivity index (χ2n) is 7.18. The molecule has 3 rings (SSSR count). The zero-order chi connectivity index (χ0) is 19.4. The molecule has 1 atom stereocenters. The Morgan fingerprint density at radius 2 is 1.85 bits per heavy atom. The number of benzene rings is 1. The molecule has 146 valence electrons. The maximum atomic E-state index is 13.2. The van der Waals surface area contributed by atoms with Crippen LogP contribution < -0.4 is 11.1 Å². The first-order valence-corrected chi connectivity index (χ1v) is 9.32. The SMILES string of the molecule is Cn1cc(NCC[C@@H](N)Cc2cc(F)cc(F)c2)cc1C(=O)N1CCCC1. The van der Waals surface area contributed by atoms with Crippen molar-refractivity contribution in [1.82, 2.24) is 9.47 Å². The lowest BCUT2D eigenvalue weighted by Crippen LogP contribution is -2.29. The maximum Gasteiger partial charge on any atom is 0.270 e. The maximum absolute atomic E-state index is 13.2. The third-order valence-electron chi connectivity index (χ3n) is 4.88. The first kappa shape index (κ1) is 19.4. The number of anilines is 1. The molecule has 0 saturated carbocycles. The molecule has 1 aliphatic rings. The van der Waals surface area contributed by atoms with Gasteiger partial charge in [0.15, 0.2) is 0 Å². The van der Waals surface area contributed by atoms with Crippen LogP contribution in [0, 0.1) is 11.6 Å². The van der Waals surface area contributed by atoms with E-state index in [1.807, 2.05) is 28.8 Å². The van der Waals surface area contributed by atoms with Crippen LogP contribution in [0.1, 0.15) is 35.3 Å². The summed E-state index contributed by atoms with van der Waals surface area (Å²) in [7, 11) is 1.86. The molecule has 1 aromatic heterocycles. The Morgan fingerprint density at radius 3 is 2.52 bits per heavy atom. The summed E-state index contributed by atoms with van der Waals surface area (Å²) in [6, 6.07) is 5.11. The van der Waals surface area contributed by atoms with Crippen LogP contribution in [0.3, 0.4) is 0 Å². The summed E-state index contributed by atoms with van der Waals surface area (Å²) in [6.45, 7) is 2.25. The summed E-state index contributed by atoms with van der Waals surface area (Å²) in [5, 5.41) is 3.27. The van der Waals surface area contributed by atoms with Crippen LogP contribution in [0.15, 0.2) is 30.5 Å². The Bertz CT molecular complexity index is 779. The Kier molecular flexibility index (Phi) is 6.11. The van der Waals surface area contributed by atoms with Gasteiger partial charge in [0, 0.05) is 45.0 Å². The smallest absolute Gasteiger partial charge is 0.270 e. The van der Waals surface area contributed by atoms with E-state index < -0.39 is 11.6 Å². The average molecular weight is 376 g/mol. The van der Waals surface area contributed by atoms with E-state index >= 15 is 0 Å². The average Bonchev–Trinajstić information content (AvgIpc) is 3.23. The summed E-state index contributed by atoms with van der Waals surface area (Å²) in [6.07, 6.45) is 5.06. The van der Waals surface area contributed by atoms with E-state index in [0.29, 0.717) is 30.6 Å². The minimum atomic E-state index is -0.588. The number of hydrogen-bond donors (Lipinski definition) is 2. The van der Waals surface area contributed by atoms with Gasteiger partial charge in [0.1, 0.15) is 17.3 Å². The van der Waals surface area contributed by atoms with Crippen molar-refractivity contribution in [1.29, 1.82) is 0 Å². The highest BCUT2D eigenvalue weighted by Crippen LogP contribution is 2.18. The first-order valence-electron chi connectivity index (χ1n) is 9.32. The van der Waals surface area contributed by atoms with E-state index in [9.17, 15) is 13.6 Å². The molecule has 0 spiro atoms. The van der Waals surface area contributed by atoms with Crippen molar-refractivity contribution in [2.45, 2.75) is 31.7 Å². The fourth-order valence-electron chi connectivity index (χ4n) is 3.49. The molecular formula is C20H26F2N4O. The second-order valence-corrected chi connectivity index (χ2v) is 7.18. The Hall–Kier alpha value is -2.41. The molecule has 7 heteroatoms. The van der Waals surface area contributed by atoms with Crippen LogP contribution in [-0.4, -0.2) is 41.1 Å². The van der Waals surface area contributed by atoms with Crippen molar-refractivity contribution in [3.05, 3.63) is 53.4 Å². The summed E-state index contributed by atoms with van der Waals surface area (Å²) in [5.41, 5.74) is 8.17. The summed E-state index contributed by atoms with van der Waals surface area (Å²) < 4.78 is 28.3. The summed E-state index contributed by atoms with van der Waals surface area (Å²) in [5.74, 6) is -1.11. The number of carbonyl (C=O) groups excluding carboxylic acids is 1. The standard InChI is InChI=1S/C20H26F2N4O/c1-25-13-18(12-19(25)20(27)26-6-2-3-7-26)24-5-4-17(23)10-14-8-15(21)11-16(22)9-14/h8-9,11-13,17,24H,2-7,10,23H2,1H3/t17-/m1/s1. The molecule has 2 aromatic rings. The van der Waals surface area contributed by atoms with Crippen LogP contribution in [-0.2, 0) is 13.5 Å². The highest BCUT2D eigenvalue weighted by atomic mass is 19.1. The van der Waals surface area contributed by atoms with E-state index in [4.69, 9.17) is 5.73 Å². The molecule has 0 unspecified atom stereocenters.